The normalized spacial score (nSPS) is 10.8. The number of ether oxygens (including phenoxy) is 1. The van der Waals surface area contributed by atoms with E-state index in [-0.39, 0.29) is 13.9 Å². The first-order valence-corrected chi connectivity index (χ1v) is 10.2. The van der Waals surface area contributed by atoms with Gasteiger partial charge >= 0.3 is 0 Å². The van der Waals surface area contributed by atoms with E-state index in [9.17, 15) is 13.6 Å². The summed E-state index contributed by atoms with van der Waals surface area (Å²) in [7, 11) is 3.83. The number of carbonyl (C=O) groups excluding carboxylic acids is 1. The number of carbonyl (C=O) groups is 1. The quantitative estimate of drug-likeness (QED) is 0.445. The van der Waals surface area contributed by atoms with Crippen LogP contribution in [0.5, 0.6) is 11.5 Å². The van der Waals surface area contributed by atoms with E-state index >= 15 is 0 Å². The lowest BCUT2D eigenvalue weighted by atomic mass is 10.1. The van der Waals surface area contributed by atoms with E-state index < -0.39 is 11.6 Å². The van der Waals surface area contributed by atoms with Crippen LogP contribution in [0, 0.1) is 18.6 Å². The minimum Gasteiger partial charge on any atom is -0.457 e. The number of benzene rings is 2. The highest BCUT2D eigenvalue weighted by molar-refractivity contribution is 5.96. The fourth-order valence-electron chi connectivity index (χ4n) is 3.06. The summed E-state index contributed by atoms with van der Waals surface area (Å²) >= 11 is 0. The molecule has 1 aromatic heterocycles. The van der Waals surface area contributed by atoms with Gasteiger partial charge in [0.05, 0.1) is 5.69 Å². The topological polar surface area (TPSA) is 54.5 Å². The Kier molecular flexibility index (Phi) is 7.56. The van der Waals surface area contributed by atoms with Crippen molar-refractivity contribution in [2.75, 3.05) is 14.1 Å². The number of aromatic nitrogens is 1. The van der Waals surface area contributed by atoms with E-state index in [1.165, 1.54) is 12.1 Å². The number of nitrogens with zero attached hydrogens (tertiary/aromatic N) is 2. The molecule has 1 heterocycles. The summed E-state index contributed by atoms with van der Waals surface area (Å²) in [5.41, 5.74) is 2.76. The minimum absolute atomic E-state index is 0. The molecule has 33 heavy (non-hydrogen) atoms. The van der Waals surface area contributed by atoms with E-state index in [1.54, 1.807) is 43.5 Å². The van der Waals surface area contributed by atoms with Crippen LogP contribution in [-0.2, 0) is 6.54 Å². The van der Waals surface area contributed by atoms with E-state index in [0.29, 0.717) is 33.9 Å². The molecule has 3 rings (SSSR count). The Morgan fingerprint density at radius 3 is 2.61 bits per heavy atom. The molecule has 2 aromatic carbocycles. The van der Waals surface area contributed by atoms with Gasteiger partial charge in [-0.2, -0.15) is 0 Å². The molecule has 0 unspecified atom stereocenters. The first kappa shape index (κ1) is 23.7. The second kappa shape index (κ2) is 10.5. The third kappa shape index (κ3) is 6.49. The maximum absolute atomic E-state index is 13.4. The monoisotopic (exact) mass is 451 g/mol. The number of halogens is 2. The van der Waals surface area contributed by atoms with Crippen molar-refractivity contribution in [2.45, 2.75) is 13.5 Å². The zero-order valence-corrected chi connectivity index (χ0v) is 18.7. The number of allylic oxidation sites excluding steroid dienone is 2. The van der Waals surface area contributed by atoms with Gasteiger partial charge in [0.15, 0.2) is 0 Å². The first-order valence-electron chi connectivity index (χ1n) is 10.2. The van der Waals surface area contributed by atoms with Crippen molar-refractivity contribution in [1.82, 2.24) is 15.2 Å². The Hall–Kier alpha value is -4.00. The highest BCUT2D eigenvalue weighted by Crippen LogP contribution is 2.28. The summed E-state index contributed by atoms with van der Waals surface area (Å²) < 4.78 is 32.8. The molecule has 0 saturated heterocycles. The molecule has 0 fully saturated rings. The fraction of sp³-hybridized carbons (Fsp3) is 0.154. The Labute approximate surface area is 193 Å². The number of amides is 1. The molecule has 0 spiro atoms. The maximum atomic E-state index is 13.4. The molecule has 7 heteroatoms. The van der Waals surface area contributed by atoms with Crippen LogP contribution >= 0.6 is 0 Å². The van der Waals surface area contributed by atoms with Crippen LogP contribution < -0.4 is 10.1 Å². The standard InChI is InChI=1S/C26H25F2N3O2.H2/c1-17(9-11-31(3)4)24-15-22(8-10-29-24)33-25-7-5-6-23(18(25)2)26(32)30-16-19-12-20(27)14-21(28)13-19;/h5-15H,1,16H2,2-4H3,(H,30,32);1H/b11-9-;. The molecule has 5 nitrogen and oxygen atoms in total. The van der Waals surface area contributed by atoms with Crippen molar-refractivity contribution in [3.63, 3.8) is 0 Å². The Morgan fingerprint density at radius 1 is 1.18 bits per heavy atom. The van der Waals surface area contributed by atoms with Crippen molar-refractivity contribution >= 4 is 11.5 Å². The summed E-state index contributed by atoms with van der Waals surface area (Å²) in [5.74, 6) is -0.702. The molecule has 0 aliphatic carbocycles. The Bertz CT molecular complexity index is 1190. The van der Waals surface area contributed by atoms with Crippen LogP contribution in [0.2, 0.25) is 0 Å². The van der Waals surface area contributed by atoms with Gasteiger partial charge in [0, 0.05) is 51.5 Å². The Balaban J connectivity index is 0.00000408. The van der Waals surface area contributed by atoms with Gasteiger partial charge in [0.25, 0.3) is 5.91 Å². The average Bonchev–Trinajstić information content (AvgIpc) is 2.77. The number of nitrogens with one attached hydrogen (secondary N) is 1. The number of hydrogen-bond acceptors (Lipinski definition) is 4. The van der Waals surface area contributed by atoms with Gasteiger partial charge in [-0.1, -0.05) is 12.6 Å². The number of pyridine rings is 1. The van der Waals surface area contributed by atoms with E-state index in [0.717, 1.165) is 11.6 Å². The summed E-state index contributed by atoms with van der Waals surface area (Å²) in [4.78, 5) is 18.9. The van der Waals surface area contributed by atoms with Crippen LogP contribution in [0.4, 0.5) is 8.78 Å². The number of rotatable bonds is 8. The van der Waals surface area contributed by atoms with E-state index in [2.05, 4.69) is 16.9 Å². The van der Waals surface area contributed by atoms with Crippen molar-refractivity contribution < 1.29 is 19.7 Å². The van der Waals surface area contributed by atoms with Gasteiger partial charge in [-0.3, -0.25) is 9.78 Å². The zero-order valence-electron chi connectivity index (χ0n) is 18.7. The van der Waals surface area contributed by atoms with E-state index in [1.807, 2.05) is 31.3 Å². The fourth-order valence-corrected chi connectivity index (χ4v) is 3.06. The van der Waals surface area contributed by atoms with Crippen LogP contribution in [0.25, 0.3) is 5.57 Å². The molecule has 0 aliphatic rings. The summed E-state index contributed by atoms with van der Waals surface area (Å²) in [5, 5.41) is 2.69. The lowest BCUT2D eigenvalue weighted by molar-refractivity contribution is 0.0950. The molecule has 172 valence electrons. The minimum atomic E-state index is -0.692. The van der Waals surface area contributed by atoms with Crippen molar-refractivity contribution in [1.29, 1.82) is 0 Å². The van der Waals surface area contributed by atoms with Gasteiger partial charge in [-0.05, 0) is 60.7 Å². The second-order valence-corrected chi connectivity index (χ2v) is 7.67. The van der Waals surface area contributed by atoms with Gasteiger partial charge in [0.1, 0.15) is 23.1 Å². The molecule has 0 aliphatic heterocycles. The smallest absolute Gasteiger partial charge is 0.251 e. The molecular formula is C26H27F2N3O2. The van der Waals surface area contributed by atoms with Crippen LogP contribution in [0.15, 0.2) is 73.6 Å². The van der Waals surface area contributed by atoms with Crippen LogP contribution in [0.1, 0.15) is 28.6 Å². The zero-order chi connectivity index (χ0) is 24.0. The lowest BCUT2D eigenvalue weighted by Gasteiger charge is -2.13. The third-order valence-corrected chi connectivity index (χ3v) is 4.77. The Morgan fingerprint density at radius 2 is 1.91 bits per heavy atom. The van der Waals surface area contributed by atoms with Crippen molar-refractivity contribution in [2.24, 2.45) is 0 Å². The van der Waals surface area contributed by atoms with E-state index in [4.69, 9.17) is 4.74 Å². The van der Waals surface area contributed by atoms with Gasteiger partial charge < -0.3 is 15.0 Å². The van der Waals surface area contributed by atoms with Gasteiger partial charge in [-0.25, -0.2) is 8.78 Å². The lowest BCUT2D eigenvalue weighted by Crippen LogP contribution is -2.23. The van der Waals surface area contributed by atoms with Gasteiger partial charge in [0.2, 0.25) is 0 Å². The average molecular weight is 452 g/mol. The highest BCUT2D eigenvalue weighted by atomic mass is 19.1. The van der Waals surface area contributed by atoms with Crippen LogP contribution in [0.3, 0.4) is 0 Å². The maximum Gasteiger partial charge on any atom is 0.251 e. The van der Waals surface area contributed by atoms with Gasteiger partial charge in [-0.15, -0.1) is 0 Å². The largest absolute Gasteiger partial charge is 0.457 e. The van der Waals surface area contributed by atoms with Crippen molar-refractivity contribution in [3.05, 3.63) is 108 Å². The molecular weight excluding hydrogens is 424 g/mol. The number of hydrogen-bond donors (Lipinski definition) is 1. The summed E-state index contributed by atoms with van der Waals surface area (Å²) in [6.07, 6.45) is 5.36. The summed E-state index contributed by atoms with van der Waals surface area (Å²) in [6.45, 7) is 5.79. The molecule has 0 saturated carbocycles. The van der Waals surface area contributed by atoms with Crippen molar-refractivity contribution in [3.8, 4) is 11.5 Å². The van der Waals surface area contributed by atoms with Crippen LogP contribution in [-0.4, -0.2) is 29.9 Å². The molecule has 0 atom stereocenters. The molecule has 1 N–H and O–H groups in total. The SMILES string of the molecule is C=C(/C=C\N(C)C)c1cc(Oc2cccc(C(=O)NCc3cc(F)cc(F)c3)c2C)ccn1.[HH]. The third-order valence-electron chi connectivity index (χ3n) is 4.77. The second-order valence-electron chi connectivity index (χ2n) is 7.67. The highest BCUT2D eigenvalue weighted by Gasteiger charge is 2.14. The predicted molar refractivity (Wildman–Crippen MR) is 127 cm³/mol. The molecule has 1 amide bonds. The molecule has 3 aromatic rings. The molecule has 0 bridgehead atoms. The molecule has 0 radical (unpaired) electrons. The summed E-state index contributed by atoms with van der Waals surface area (Å²) in [6, 6.07) is 11.8. The predicted octanol–water partition coefficient (Wildman–Crippen LogP) is 5.73. The first-order chi connectivity index (χ1) is 15.7.